The molecule has 0 aliphatic rings. The maximum atomic E-state index is 13.0. The Bertz CT molecular complexity index is 860. The van der Waals surface area contributed by atoms with Gasteiger partial charge in [-0.25, -0.2) is 0 Å². The fourth-order valence-corrected chi connectivity index (χ4v) is 3.55. The minimum atomic E-state index is 0.0939. The molecule has 3 rings (SSSR count). The van der Waals surface area contributed by atoms with E-state index in [9.17, 15) is 4.79 Å². The lowest BCUT2D eigenvalue weighted by molar-refractivity contribution is -0.118. The second kappa shape index (κ2) is 9.24. The number of anilines is 1. The van der Waals surface area contributed by atoms with Crippen LogP contribution in [0.15, 0.2) is 66.0 Å². The van der Waals surface area contributed by atoms with Crippen molar-refractivity contribution in [1.29, 1.82) is 0 Å². The summed E-state index contributed by atoms with van der Waals surface area (Å²) in [5, 5.41) is 2.03. The van der Waals surface area contributed by atoms with Crippen molar-refractivity contribution in [3.05, 3.63) is 76.5 Å². The molecule has 1 aromatic heterocycles. The van der Waals surface area contributed by atoms with Gasteiger partial charge in [0.25, 0.3) is 0 Å². The van der Waals surface area contributed by atoms with Crippen molar-refractivity contribution < 1.29 is 14.3 Å². The third-order valence-electron chi connectivity index (χ3n) is 4.34. The zero-order chi connectivity index (χ0) is 19.1. The number of carbonyl (C=O) groups excluding carboxylic acids is 1. The van der Waals surface area contributed by atoms with Crippen LogP contribution in [0, 0.1) is 0 Å². The highest BCUT2D eigenvalue weighted by Crippen LogP contribution is 2.24. The van der Waals surface area contributed by atoms with Gasteiger partial charge in [0, 0.05) is 17.0 Å². The van der Waals surface area contributed by atoms with Gasteiger partial charge < -0.3 is 14.4 Å². The monoisotopic (exact) mass is 381 g/mol. The summed E-state index contributed by atoms with van der Waals surface area (Å²) >= 11 is 1.66. The summed E-state index contributed by atoms with van der Waals surface area (Å²) < 4.78 is 10.5. The Morgan fingerprint density at radius 1 is 0.963 bits per heavy atom. The molecule has 1 amide bonds. The van der Waals surface area contributed by atoms with Crippen LogP contribution in [0.4, 0.5) is 5.69 Å². The van der Waals surface area contributed by atoms with Crippen LogP contribution < -0.4 is 14.4 Å². The molecule has 5 heteroatoms. The van der Waals surface area contributed by atoms with E-state index < -0.39 is 0 Å². The predicted octanol–water partition coefficient (Wildman–Crippen LogP) is 4.93. The lowest BCUT2D eigenvalue weighted by atomic mass is 10.1. The Labute approximate surface area is 164 Å². The second-order valence-corrected chi connectivity index (χ2v) is 7.14. The van der Waals surface area contributed by atoms with Crippen molar-refractivity contribution in [2.24, 2.45) is 0 Å². The molecular formula is C22H23NO3S. The maximum Gasteiger partial charge on any atom is 0.227 e. The van der Waals surface area contributed by atoms with Gasteiger partial charge >= 0.3 is 0 Å². The van der Waals surface area contributed by atoms with Crippen LogP contribution >= 0.6 is 11.3 Å². The van der Waals surface area contributed by atoms with Crippen molar-refractivity contribution >= 4 is 22.9 Å². The van der Waals surface area contributed by atoms with Crippen LogP contribution in [0.3, 0.4) is 0 Å². The maximum absolute atomic E-state index is 13.0. The SMILES string of the molecule is COc1ccc(N(Cc2cccs2)C(=O)CCc2cccc(OC)c2)cc1. The standard InChI is InChI=1S/C22H23NO3S/c1-25-19-11-9-18(10-12-19)23(16-21-7-4-14-27-21)22(24)13-8-17-5-3-6-20(15-17)26-2/h3-7,9-12,14-15H,8,13,16H2,1-2H3. The molecule has 0 aliphatic heterocycles. The van der Waals surface area contributed by atoms with Gasteiger partial charge in [0.1, 0.15) is 11.5 Å². The highest BCUT2D eigenvalue weighted by atomic mass is 32.1. The summed E-state index contributed by atoms with van der Waals surface area (Å²) in [7, 11) is 3.29. The molecule has 0 aliphatic carbocycles. The van der Waals surface area contributed by atoms with Gasteiger partial charge in [-0.15, -0.1) is 11.3 Å². The van der Waals surface area contributed by atoms with Crippen LogP contribution in [0.25, 0.3) is 0 Å². The number of nitrogens with zero attached hydrogens (tertiary/aromatic N) is 1. The van der Waals surface area contributed by atoms with Gasteiger partial charge in [-0.2, -0.15) is 0 Å². The number of amides is 1. The molecule has 1 heterocycles. The number of hydrogen-bond acceptors (Lipinski definition) is 4. The summed E-state index contributed by atoms with van der Waals surface area (Å²) in [4.78, 5) is 16.0. The lowest BCUT2D eigenvalue weighted by Crippen LogP contribution is -2.30. The minimum absolute atomic E-state index is 0.0939. The predicted molar refractivity (Wildman–Crippen MR) is 110 cm³/mol. The molecule has 0 radical (unpaired) electrons. The van der Waals surface area contributed by atoms with Crippen molar-refractivity contribution in [3.8, 4) is 11.5 Å². The first kappa shape index (κ1) is 19.0. The molecule has 0 bridgehead atoms. The Morgan fingerprint density at radius 3 is 2.41 bits per heavy atom. The number of hydrogen-bond donors (Lipinski definition) is 0. The smallest absolute Gasteiger partial charge is 0.227 e. The Kier molecular flexibility index (Phi) is 6.49. The number of methoxy groups -OCH3 is 2. The molecule has 2 aromatic carbocycles. The van der Waals surface area contributed by atoms with E-state index in [0.29, 0.717) is 19.4 Å². The highest BCUT2D eigenvalue weighted by Gasteiger charge is 2.17. The van der Waals surface area contributed by atoms with Gasteiger partial charge in [0.2, 0.25) is 5.91 Å². The summed E-state index contributed by atoms with van der Waals surface area (Å²) in [6.45, 7) is 0.570. The first-order chi connectivity index (χ1) is 13.2. The third kappa shape index (κ3) is 5.11. The number of thiophene rings is 1. The van der Waals surface area contributed by atoms with Crippen LogP contribution in [0.1, 0.15) is 16.9 Å². The Balaban J connectivity index is 1.75. The Morgan fingerprint density at radius 2 is 1.74 bits per heavy atom. The van der Waals surface area contributed by atoms with Crippen LogP contribution in [0.2, 0.25) is 0 Å². The minimum Gasteiger partial charge on any atom is -0.497 e. The van der Waals surface area contributed by atoms with Crippen molar-refractivity contribution in [3.63, 3.8) is 0 Å². The fourth-order valence-electron chi connectivity index (χ4n) is 2.86. The van der Waals surface area contributed by atoms with Crippen LogP contribution in [-0.4, -0.2) is 20.1 Å². The zero-order valence-corrected chi connectivity index (χ0v) is 16.4. The molecule has 0 saturated carbocycles. The molecule has 27 heavy (non-hydrogen) atoms. The molecule has 0 N–H and O–H groups in total. The van der Waals surface area contributed by atoms with Crippen molar-refractivity contribution in [1.82, 2.24) is 0 Å². The molecule has 0 saturated heterocycles. The van der Waals surface area contributed by atoms with Crippen LogP contribution in [0.5, 0.6) is 11.5 Å². The third-order valence-corrected chi connectivity index (χ3v) is 5.20. The average molecular weight is 381 g/mol. The highest BCUT2D eigenvalue weighted by molar-refractivity contribution is 7.09. The van der Waals surface area contributed by atoms with E-state index in [1.54, 1.807) is 25.6 Å². The van der Waals surface area contributed by atoms with E-state index in [1.165, 1.54) is 0 Å². The van der Waals surface area contributed by atoms with Gasteiger partial charge in [0.15, 0.2) is 0 Å². The first-order valence-corrected chi connectivity index (χ1v) is 9.67. The molecule has 0 atom stereocenters. The summed E-state index contributed by atoms with van der Waals surface area (Å²) in [5.41, 5.74) is 1.97. The van der Waals surface area contributed by atoms with Gasteiger partial charge in [0.05, 0.1) is 20.8 Å². The summed E-state index contributed by atoms with van der Waals surface area (Å²) in [6, 6.07) is 19.5. The second-order valence-electron chi connectivity index (χ2n) is 6.11. The lowest BCUT2D eigenvalue weighted by Gasteiger charge is -2.23. The molecule has 4 nitrogen and oxygen atoms in total. The Hall–Kier alpha value is -2.79. The topological polar surface area (TPSA) is 38.8 Å². The van der Waals surface area contributed by atoms with E-state index in [2.05, 4.69) is 6.07 Å². The molecular weight excluding hydrogens is 358 g/mol. The number of rotatable bonds is 8. The number of benzene rings is 2. The van der Waals surface area contributed by atoms with Gasteiger partial charge in [-0.3, -0.25) is 4.79 Å². The largest absolute Gasteiger partial charge is 0.497 e. The normalized spacial score (nSPS) is 10.4. The van der Waals surface area contributed by atoms with E-state index in [0.717, 1.165) is 27.6 Å². The van der Waals surface area contributed by atoms with E-state index in [1.807, 2.05) is 64.9 Å². The van der Waals surface area contributed by atoms with Crippen LogP contribution in [-0.2, 0) is 17.8 Å². The number of carbonyl (C=O) groups is 1. The average Bonchev–Trinajstić information content (AvgIpc) is 3.24. The summed E-state index contributed by atoms with van der Waals surface area (Å²) in [5.74, 6) is 1.68. The van der Waals surface area contributed by atoms with Crippen molar-refractivity contribution in [2.75, 3.05) is 19.1 Å². The first-order valence-electron chi connectivity index (χ1n) is 8.79. The number of aryl methyl sites for hydroxylation is 1. The van der Waals surface area contributed by atoms with Crippen molar-refractivity contribution in [2.45, 2.75) is 19.4 Å². The van der Waals surface area contributed by atoms with Gasteiger partial charge in [-0.05, 0) is 59.8 Å². The zero-order valence-electron chi connectivity index (χ0n) is 15.6. The quantitative estimate of drug-likeness (QED) is 0.555. The van der Waals surface area contributed by atoms with E-state index in [-0.39, 0.29) is 5.91 Å². The fraction of sp³-hybridized carbons (Fsp3) is 0.227. The van der Waals surface area contributed by atoms with E-state index >= 15 is 0 Å². The molecule has 3 aromatic rings. The molecule has 140 valence electrons. The summed E-state index contributed by atoms with van der Waals surface area (Å²) in [6.07, 6.45) is 1.11. The van der Waals surface area contributed by atoms with E-state index in [4.69, 9.17) is 9.47 Å². The van der Waals surface area contributed by atoms with Gasteiger partial charge in [-0.1, -0.05) is 18.2 Å². The number of ether oxygens (including phenoxy) is 2. The molecule has 0 unspecified atom stereocenters. The molecule has 0 fully saturated rings. The molecule has 0 spiro atoms.